The molecule has 0 heterocycles. The van der Waals surface area contributed by atoms with E-state index in [0.29, 0.717) is 6.07 Å². The summed E-state index contributed by atoms with van der Waals surface area (Å²) in [7, 11) is 0. The second kappa shape index (κ2) is 6.13. The summed E-state index contributed by atoms with van der Waals surface area (Å²) in [5, 5.41) is 19.0. The first-order chi connectivity index (χ1) is 9.70. The molecule has 0 fully saturated rings. The highest BCUT2D eigenvalue weighted by molar-refractivity contribution is 6.36. The topological polar surface area (TPSA) is 99.4 Å². The number of anilines is 1. The van der Waals surface area contributed by atoms with Gasteiger partial charge in [-0.25, -0.2) is 4.79 Å². The highest BCUT2D eigenvalue weighted by Crippen LogP contribution is 2.38. The van der Waals surface area contributed by atoms with Crippen molar-refractivity contribution in [2.75, 3.05) is 11.9 Å². The monoisotopic (exact) mass is 302 g/mol. The van der Waals surface area contributed by atoms with Crippen molar-refractivity contribution in [2.24, 2.45) is 0 Å². The van der Waals surface area contributed by atoms with Crippen LogP contribution in [0.3, 0.4) is 0 Å². The zero-order valence-electron chi connectivity index (χ0n) is 10.6. The first-order valence-electron chi connectivity index (χ1n) is 5.53. The average molecular weight is 302 g/mol. The number of nitrogens with one attached hydrogen (secondary N) is 1. The molecule has 0 aliphatic carbocycles. The lowest BCUT2D eigenvalue weighted by molar-refractivity contribution is -0.147. The van der Waals surface area contributed by atoms with Gasteiger partial charge in [-0.05, 0) is 13.0 Å². The van der Waals surface area contributed by atoms with Gasteiger partial charge >= 0.3 is 18.1 Å². The summed E-state index contributed by atoms with van der Waals surface area (Å²) in [6.45, 7) is 1.58. The van der Waals surface area contributed by atoms with Crippen LogP contribution < -0.4 is 10.1 Å². The Labute approximate surface area is 116 Å². The molecular weight excluding hydrogens is 293 g/mol. The Bertz CT molecular complexity index is 620. The maximum Gasteiger partial charge on any atom is 0.417 e. The number of carbonyl (C=O) groups is 2. The molecule has 21 heavy (non-hydrogen) atoms. The first kappa shape index (κ1) is 16.3. The lowest BCUT2D eigenvalue weighted by Crippen LogP contribution is -2.23. The fourth-order valence-electron chi connectivity index (χ4n) is 1.48. The van der Waals surface area contributed by atoms with Crippen LogP contribution >= 0.6 is 0 Å². The Kier molecular flexibility index (Phi) is 4.75. The van der Waals surface area contributed by atoms with Gasteiger partial charge in [-0.3, -0.25) is 4.79 Å². The highest BCUT2D eigenvalue weighted by Gasteiger charge is 2.36. The van der Waals surface area contributed by atoms with Crippen molar-refractivity contribution < 1.29 is 32.6 Å². The second-order valence-electron chi connectivity index (χ2n) is 3.70. The average Bonchev–Trinajstić information content (AvgIpc) is 2.37. The van der Waals surface area contributed by atoms with E-state index in [1.807, 2.05) is 0 Å². The fourth-order valence-corrected chi connectivity index (χ4v) is 1.48. The minimum absolute atomic E-state index is 0.0511. The zero-order chi connectivity index (χ0) is 16.2. The molecule has 0 radical (unpaired) electrons. The largest absolute Gasteiger partial charge is 0.494 e. The van der Waals surface area contributed by atoms with E-state index in [2.05, 4.69) is 0 Å². The molecule has 112 valence electrons. The van der Waals surface area contributed by atoms with Gasteiger partial charge in [0.15, 0.2) is 0 Å². The Morgan fingerprint density at radius 3 is 2.48 bits per heavy atom. The van der Waals surface area contributed by atoms with Gasteiger partial charge in [0.1, 0.15) is 11.8 Å². The van der Waals surface area contributed by atoms with Crippen molar-refractivity contribution in [1.82, 2.24) is 0 Å². The number of carboxylic acids is 1. The Balaban J connectivity index is 3.46. The van der Waals surface area contributed by atoms with E-state index in [4.69, 9.17) is 15.1 Å². The molecule has 6 nitrogen and oxygen atoms in total. The number of hydrogen-bond acceptors (Lipinski definition) is 4. The molecule has 9 heteroatoms. The Morgan fingerprint density at radius 1 is 1.43 bits per heavy atom. The number of benzene rings is 1. The number of rotatable bonds is 3. The van der Waals surface area contributed by atoms with Crippen LogP contribution in [0.25, 0.3) is 0 Å². The van der Waals surface area contributed by atoms with Crippen LogP contribution in [0.2, 0.25) is 0 Å². The molecule has 2 N–H and O–H groups in total. The van der Waals surface area contributed by atoms with Gasteiger partial charge in [0.2, 0.25) is 0 Å². The van der Waals surface area contributed by atoms with Crippen LogP contribution in [0.15, 0.2) is 12.1 Å². The number of nitriles is 1. The van der Waals surface area contributed by atoms with E-state index in [1.54, 1.807) is 5.32 Å². The first-order valence-corrected chi connectivity index (χ1v) is 5.53. The van der Waals surface area contributed by atoms with Crippen molar-refractivity contribution in [3.05, 3.63) is 23.3 Å². The highest BCUT2D eigenvalue weighted by atomic mass is 19.4. The molecule has 1 amide bonds. The summed E-state index contributed by atoms with van der Waals surface area (Å²) in [4.78, 5) is 21.5. The van der Waals surface area contributed by atoms with E-state index in [-0.39, 0.29) is 12.4 Å². The minimum atomic E-state index is -4.86. The van der Waals surface area contributed by atoms with E-state index in [9.17, 15) is 22.8 Å². The lowest BCUT2D eigenvalue weighted by atomic mass is 10.0. The number of alkyl halides is 3. The second-order valence-corrected chi connectivity index (χ2v) is 3.70. The van der Waals surface area contributed by atoms with Crippen LogP contribution in [-0.4, -0.2) is 23.6 Å². The third-order valence-electron chi connectivity index (χ3n) is 2.28. The van der Waals surface area contributed by atoms with Crippen molar-refractivity contribution in [2.45, 2.75) is 13.1 Å². The van der Waals surface area contributed by atoms with Crippen LogP contribution in [-0.2, 0) is 15.8 Å². The molecule has 0 aliphatic rings. The molecule has 0 spiro atoms. The summed E-state index contributed by atoms with van der Waals surface area (Å²) >= 11 is 0. The number of carbonyl (C=O) groups excluding carboxylic acids is 1. The summed E-state index contributed by atoms with van der Waals surface area (Å²) in [5.41, 5.74) is -2.79. The van der Waals surface area contributed by atoms with Crippen LogP contribution in [0.5, 0.6) is 5.75 Å². The molecule has 0 bridgehead atoms. The van der Waals surface area contributed by atoms with Gasteiger partial charge in [0.05, 0.1) is 23.4 Å². The molecule has 0 aromatic heterocycles. The summed E-state index contributed by atoms with van der Waals surface area (Å²) in [5.74, 6) is -3.70. The standard InChI is InChI=1S/C12H9F3N2O4/c1-2-21-6-3-8(12(13,14)15)7(5-16)9(4-6)17-10(18)11(19)20/h3-4H,2H2,1H3,(H,17,18)(H,19,20). The van der Waals surface area contributed by atoms with Gasteiger partial charge in [-0.2, -0.15) is 18.4 Å². The molecule has 1 aromatic rings. The van der Waals surface area contributed by atoms with Crippen molar-refractivity contribution in [3.8, 4) is 11.8 Å². The zero-order valence-corrected chi connectivity index (χ0v) is 10.6. The number of carboxylic acid groups (broad SMARTS) is 1. The van der Waals surface area contributed by atoms with E-state index in [1.165, 1.54) is 13.0 Å². The van der Waals surface area contributed by atoms with Gasteiger partial charge in [-0.15, -0.1) is 0 Å². The Morgan fingerprint density at radius 2 is 2.05 bits per heavy atom. The number of nitrogens with zero attached hydrogens (tertiary/aromatic N) is 1. The number of halogens is 3. The number of ether oxygens (including phenoxy) is 1. The van der Waals surface area contributed by atoms with Gasteiger partial charge in [-0.1, -0.05) is 0 Å². The van der Waals surface area contributed by atoms with E-state index >= 15 is 0 Å². The predicted octanol–water partition coefficient (Wildman–Crippen LogP) is 2.00. The van der Waals surface area contributed by atoms with Crippen molar-refractivity contribution in [1.29, 1.82) is 5.26 Å². The summed E-state index contributed by atoms with van der Waals surface area (Å²) < 4.78 is 43.6. The van der Waals surface area contributed by atoms with Gasteiger partial charge in [0.25, 0.3) is 0 Å². The molecule has 0 unspecified atom stereocenters. The molecule has 0 saturated heterocycles. The summed E-state index contributed by atoms with van der Waals surface area (Å²) in [6.07, 6.45) is -4.86. The van der Waals surface area contributed by atoms with Crippen molar-refractivity contribution >= 4 is 17.6 Å². The van der Waals surface area contributed by atoms with Gasteiger partial charge < -0.3 is 15.2 Å². The minimum Gasteiger partial charge on any atom is -0.494 e. The molecule has 1 aromatic carbocycles. The molecule has 1 rings (SSSR count). The number of amides is 1. The number of hydrogen-bond donors (Lipinski definition) is 2. The molecular formula is C12H9F3N2O4. The van der Waals surface area contributed by atoms with Crippen molar-refractivity contribution in [3.63, 3.8) is 0 Å². The normalized spacial score (nSPS) is 10.6. The lowest BCUT2D eigenvalue weighted by Gasteiger charge is -2.15. The molecule has 0 atom stereocenters. The predicted molar refractivity (Wildman–Crippen MR) is 63.6 cm³/mol. The van der Waals surface area contributed by atoms with Gasteiger partial charge in [0, 0.05) is 6.07 Å². The van der Waals surface area contributed by atoms with E-state index < -0.39 is 34.9 Å². The molecule has 0 aliphatic heterocycles. The quantitative estimate of drug-likeness (QED) is 0.832. The van der Waals surface area contributed by atoms with E-state index in [0.717, 1.165) is 6.07 Å². The smallest absolute Gasteiger partial charge is 0.417 e. The SMILES string of the molecule is CCOc1cc(NC(=O)C(=O)O)c(C#N)c(C(F)(F)F)c1. The maximum absolute atomic E-state index is 12.9. The van der Waals surface area contributed by atoms with Crippen LogP contribution in [0.4, 0.5) is 18.9 Å². The fraction of sp³-hybridized carbons (Fsp3) is 0.250. The van der Waals surface area contributed by atoms with Crippen LogP contribution in [0, 0.1) is 11.3 Å². The van der Waals surface area contributed by atoms with Crippen LogP contribution in [0.1, 0.15) is 18.1 Å². The maximum atomic E-state index is 12.9. The number of aliphatic carboxylic acids is 1. The Hall–Kier alpha value is -2.76. The molecule has 0 saturated carbocycles. The third-order valence-corrected chi connectivity index (χ3v) is 2.28. The third kappa shape index (κ3) is 3.85. The summed E-state index contributed by atoms with van der Waals surface area (Å²) in [6, 6.07) is 2.87.